The number of nitrogens with zero attached hydrogens (tertiary/aromatic N) is 2. The van der Waals surface area contributed by atoms with E-state index < -0.39 is 0 Å². The molecule has 0 fully saturated rings. The van der Waals surface area contributed by atoms with Crippen molar-refractivity contribution < 1.29 is 4.79 Å². The predicted octanol–water partition coefficient (Wildman–Crippen LogP) is 2.61. The Hall–Kier alpha value is -1.55. The van der Waals surface area contributed by atoms with Crippen LogP contribution in [0.15, 0.2) is 24.4 Å². The van der Waals surface area contributed by atoms with E-state index in [1.165, 1.54) is 0 Å². The van der Waals surface area contributed by atoms with Crippen LogP contribution in [-0.4, -0.2) is 22.2 Å². The first-order valence-electron chi connectivity index (χ1n) is 6.09. The molecule has 0 spiro atoms. The van der Waals surface area contributed by atoms with Gasteiger partial charge in [-0.15, -0.1) is 0 Å². The number of aryl methyl sites for hydroxylation is 1. The lowest BCUT2D eigenvalue weighted by molar-refractivity contribution is -0.121. The van der Waals surface area contributed by atoms with E-state index in [4.69, 9.17) is 11.6 Å². The maximum atomic E-state index is 11.5. The van der Waals surface area contributed by atoms with Gasteiger partial charge in [-0.25, -0.2) is 0 Å². The molecule has 0 aliphatic rings. The van der Waals surface area contributed by atoms with Crippen molar-refractivity contribution in [2.75, 3.05) is 6.54 Å². The lowest BCUT2D eigenvalue weighted by Gasteiger charge is -2.05. The number of rotatable bonds is 5. The third-order valence-electron chi connectivity index (χ3n) is 2.76. The Balaban J connectivity index is 2.04. The van der Waals surface area contributed by atoms with E-state index in [1.54, 1.807) is 6.20 Å². The van der Waals surface area contributed by atoms with Gasteiger partial charge in [-0.2, -0.15) is 5.10 Å². The molecule has 4 nitrogen and oxygen atoms in total. The molecule has 0 saturated carbocycles. The van der Waals surface area contributed by atoms with Gasteiger partial charge in [0, 0.05) is 18.4 Å². The molecule has 0 unspecified atom stereocenters. The first kappa shape index (κ1) is 12.9. The van der Waals surface area contributed by atoms with Gasteiger partial charge in [0.25, 0.3) is 0 Å². The van der Waals surface area contributed by atoms with Crippen LogP contribution in [0, 0.1) is 0 Å². The quantitative estimate of drug-likeness (QED) is 0.903. The summed E-state index contributed by atoms with van der Waals surface area (Å²) in [6.45, 7) is 3.33. The maximum absolute atomic E-state index is 11.5. The van der Waals surface area contributed by atoms with E-state index in [-0.39, 0.29) is 5.91 Å². The van der Waals surface area contributed by atoms with E-state index in [2.05, 4.69) is 10.4 Å². The lowest BCUT2D eigenvalue weighted by atomic mass is 10.2. The van der Waals surface area contributed by atoms with Crippen molar-refractivity contribution in [3.05, 3.63) is 29.4 Å². The third-order valence-corrected chi connectivity index (χ3v) is 3.09. The minimum atomic E-state index is 0.0579. The van der Waals surface area contributed by atoms with Gasteiger partial charge < -0.3 is 5.32 Å². The molecule has 0 atom stereocenters. The second kappa shape index (κ2) is 5.87. The number of halogens is 1. The molecule has 2 aromatic rings. The Bertz CT molecular complexity index is 550. The van der Waals surface area contributed by atoms with Gasteiger partial charge in [-0.1, -0.05) is 24.6 Å². The summed E-state index contributed by atoms with van der Waals surface area (Å²) in [4.78, 5) is 11.5. The predicted molar refractivity (Wildman–Crippen MR) is 72.7 cm³/mol. The summed E-state index contributed by atoms with van der Waals surface area (Å²) in [5, 5.41) is 8.72. The maximum Gasteiger partial charge on any atom is 0.221 e. The highest BCUT2D eigenvalue weighted by atomic mass is 35.5. The molecule has 0 radical (unpaired) electrons. The molecule has 1 N–H and O–H groups in total. The highest BCUT2D eigenvalue weighted by Gasteiger charge is 2.07. The minimum Gasteiger partial charge on any atom is -0.356 e. The van der Waals surface area contributed by atoms with Crippen molar-refractivity contribution in [2.45, 2.75) is 26.3 Å². The van der Waals surface area contributed by atoms with Gasteiger partial charge in [-0.3, -0.25) is 9.48 Å². The van der Waals surface area contributed by atoms with Crippen LogP contribution in [0.25, 0.3) is 10.9 Å². The second-order valence-corrected chi connectivity index (χ2v) is 4.55. The van der Waals surface area contributed by atoms with Crippen LogP contribution in [0.3, 0.4) is 0 Å². The summed E-state index contributed by atoms with van der Waals surface area (Å²) in [6, 6.07) is 5.68. The molecule has 2 rings (SSSR count). The summed E-state index contributed by atoms with van der Waals surface area (Å²) in [6.07, 6.45) is 3.12. The molecular formula is C13H16ClN3O. The molecule has 5 heteroatoms. The molecule has 18 heavy (non-hydrogen) atoms. The Labute approximate surface area is 111 Å². The third kappa shape index (κ3) is 2.82. The van der Waals surface area contributed by atoms with Crippen molar-refractivity contribution >= 4 is 28.4 Å². The molecule has 96 valence electrons. The van der Waals surface area contributed by atoms with Crippen LogP contribution < -0.4 is 5.32 Å². The zero-order valence-corrected chi connectivity index (χ0v) is 11.1. The van der Waals surface area contributed by atoms with E-state index in [0.717, 1.165) is 23.9 Å². The van der Waals surface area contributed by atoms with E-state index >= 15 is 0 Å². The second-order valence-electron chi connectivity index (χ2n) is 4.14. The van der Waals surface area contributed by atoms with Gasteiger partial charge in [0.05, 0.1) is 23.3 Å². The fraction of sp³-hybridized carbons (Fsp3) is 0.385. The first-order valence-corrected chi connectivity index (χ1v) is 6.47. The number of fused-ring (bicyclic) bond motifs is 1. The molecule has 0 aliphatic carbocycles. The molecule has 0 aliphatic heterocycles. The molecule has 1 heterocycles. The van der Waals surface area contributed by atoms with Crippen molar-refractivity contribution in [2.24, 2.45) is 0 Å². The summed E-state index contributed by atoms with van der Waals surface area (Å²) >= 11 is 6.07. The van der Waals surface area contributed by atoms with Gasteiger partial charge in [-0.05, 0) is 18.6 Å². The average molecular weight is 266 g/mol. The van der Waals surface area contributed by atoms with Crippen LogP contribution in [0.2, 0.25) is 5.02 Å². The summed E-state index contributed by atoms with van der Waals surface area (Å²) in [5.74, 6) is 0.0579. The molecule has 0 saturated heterocycles. The summed E-state index contributed by atoms with van der Waals surface area (Å²) in [7, 11) is 0. The number of amides is 1. The van der Waals surface area contributed by atoms with E-state index in [9.17, 15) is 4.79 Å². The Morgan fingerprint density at radius 3 is 3.11 bits per heavy atom. The summed E-state index contributed by atoms with van der Waals surface area (Å²) in [5.41, 5.74) is 0.964. The number of aromatic nitrogens is 2. The SMILES string of the molecule is CCCNC(=O)CCn1ncc2c(Cl)cccc21. The molecular weight excluding hydrogens is 250 g/mol. The smallest absolute Gasteiger partial charge is 0.221 e. The fourth-order valence-electron chi connectivity index (χ4n) is 1.81. The van der Waals surface area contributed by atoms with Crippen LogP contribution in [-0.2, 0) is 11.3 Å². The highest BCUT2D eigenvalue weighted by Crippen LogP contribution is 2.22. The molecule has 1 aromatic heterocycles. The van der Waals surface area contributed by atoms with Crippen LogP contribution >= 0.6 is 11.6 Å². The van der Waals surface area contributed by atoms with E-state index in [0.29, 0.717) is 18.0 Å². The number of hydrogen-bond donors (Lipinski definition) is 1. The minimum absolute atomic E-state index is 0.0579. The zero-order valence-electron chi connectivity index (χ0n) is 10.3. The standard InChI is InChI=1S/C13H16ClN3O/c1-2-7-15-13(18)6-8-17-12-5-3-4-11(14)10(12)9-16-17/h3-5,9H,2,6-8H2,1H3,(H,15,18). The number of carbonyl (C=O) groups excluding carboxylic acids is 1. The Morgan fingerprint density at radius 1 is 1.50 bits per heavy atom. The van der Waals surface area contributed by atoms with Crippen molar-refractivity contribution in [1.82, 2.24) is 15.1 Å². The molecule has 1 amide bonds. The average Bonchev–Trinajstić information content (AvgIpc) is 2.78. The van der Waals surface area contributed by atoms with Crippen LogP contribution in [0.1, 0.15) is 19.8 Å². The number of nitrogens with one attached hydrogen (secondary N) is 1. The number of carbonyl (C=O) groups is 1. The normalized spacial score (nSPS) is 10.8. The largest absolute Gasteiger partial charge is 0.356 e. The number of benzene rings is 1. The zero-order chi connectivity index (χ0) is 13.0. The van der Waals surface area contributed by atoms with Crippen molar-refractivity contribution in [1.29, 1.82) is 0 Å². The van der Waals surface area contributed by atoms with Crippen molar-refractivity contribution in [3.63, 3.8) is 0 Å². The molecule has 0 bridgehead atoms. The topological polar surface area (TPSA) is 46.9 Å². The lowest BCUT2D eigenvalue weighted by Crippen LogP contribution is -2.25. The van der Waals surface area contributed by atoms with Crippen LogP contribution in [0.5, 0.6) is 0 Å². The van der Waals surface area contributed by atoms with Crippen molar-refractivity contribution in [3.8, 4) is 0 Å². The monoisotopic (exact) mass is 265 g/mol. The van der Waals surface area contributed by atoms with Gasteiger partial charge in [0.15, 0.2) is 0 Å². The fourth-order valence-corrected chi connectivity index (χ4v) is 2.02. The van der Waals surface area contributed by atoms with Gasteiger partial charge in [0.2, 0.25) is 5.91 Å². The van der Waals surface area contributed by atoms with Crippen LogP contribution in [0.4, 0.5) is 0 Å². The Morgan fingerprint density at radius 2 is 2.33 bits per heavy atom. The molecule has 1 aromatic carbocycles. The van der Waals surface area contributed by atoms with Gasteiger partial charge >= 0.3 is 0 Å². The van der Waals surface area contributed by atoms with Gasteiger partial charge in [0.1, 0.15) is 0 Å². The summed E-state index contributed by atoms with van der Waals surface area (Å²) < 4.78 is 1.81. The highest BCUT2D eigenvalue weighted by molar-refractivity contribution is 6.35. The first-order chi connectivity index (χ1) is 8.72. The number of hydrogen-bond acceptors (Lipinski definition) is 2. The van der Waals surface area contributed by atoms with E-state index in [1.807, 2.05) is 29.8 Å². The Kier molecular flexibility index (Phi) is 4.20.